The zero-order valence-corrected chi connectivity index (χ0v) is 10.2. The van der Waals surface area contributed by atoms with Crippen LogP contribution in [0.4, 0.5) is 0 Å². The largest absolute Gasteiger partial charge is 0.396 e. The maximum absolute atomic E-state index is 8.92. The topological polar surface area (TPSA) is 32.3 Å². The first kappa shape index (κ1) is 13.9. The minimum absolute atomic E-state index is 0.283. The SMILES string of the molecule is CCCC(C)C(CC)NCC(C)CO. The summed E-state index contributed by atoms with van der Waals surface area (Å²) in [5.74, 6) is 1.12. The Labute approximate surface area is 89.1 Å². The van der Waals surface area contributed by atoms with Gasteiger partial charge in [-0.2, -0.15) is 0 Å². The number of aliphatic hydroxyl groups excluding tert-OH is 1. The van der Waals surface area contributed by atoms with E-state index in [0.717, 1.165) is 12.5 Å². The van der Waals surface area contributed by atoms with E-state index in [9.17, 15) is 0 Å². The van der Waals surface area contributed by atoms with E-state index in [4.69, 9.17) is 5.11 Å². The second-order valence-electron chi connectivity index (χ2n) is 4.48. The maximum atomic E-state index is 8.92. The number of hydrogen-bond donors (Lipinski definition) is 2. The van der Waals surface area contributed by atoms with E-state index >= 15 is 0 Å². The smallest absolute Gasteiger partial charge is 0.0468 e. The molecule has 0 aromatic carbocycles. The maximum Gasteiger partial charge on any atom is 0.0468 e. The van der Waals surface area contributed by atoms with Crippen molar-refractivity contribution in [2.75, 3.05) is 13.2 Å². The lowest BCUT2D eigenvalue weighted by molar-refractivity contribution is 0.222. The van der Waals surface area contributed by atoms with Crippen LogP contribution in [0.1, 0.15) is 47.0 Å². The molecule has 3 atom stereocenters. The Balaban J connectivity index is 3.77. The van der Waals surface area contributed by atoms with Crippen LogP contribution in [0.3, 0.4) is 0 Å². The molecule has 0 aliphatic rings. The summed E-state index contributed by atoms with van der Waals surface area (Å²) in [7, 11) is 0. The molecular formula is C12H27NO. The zero-order chi connectivity index (χ0) is 11.0. The Hall–Kier alpha value is -0.0800. The number of aliphatic hydroxyl groups is 1. The van der Waals surface area contributed by atoms with Crippen LogP contribution in [0.5, 0.6) is 0 Å². The van der Waals surface area contributed by atoms with Crippen LogP contribution in [0, 0.1) is 11.8 Å². The molecule has 2 heteroatoms. The van der Waals surface area contributed by atoms with Crippen LogP contribution >= 0.6 is 0 Å². The van der Waals surface area contributed by atoms with Crippen LogP contribution in [-0.4, -0.2) is 24.3 Å². The van der Waals surface area contributed by atoms with Crippen molar-refractivity contribution in [3.63, 3.8) is 0 Å². The molecule has 86 valence electrons. The zero-order valence-electron chi connectivity index (χ0n) is 10.2. The van der Waals surface area contributed by atoms with E-state index in [2.05, 4.69) is 33.0 Å². The van der Waals surface area contributed by atoms with Crippen molar-refractivity contribution in [2.45, 2.75) is 53.0 Å². The van der Waals surface area contributed by atoms with Gasteiger partial charge < -0.3 is 10.4 Å². The van der Waals surface area contributed by atoms with Gasteiger partial charge in [-0.1, -0.05) is 34.1 Å². The molecule has 0 aromatic rings. The highest BCUT2D eigenvalue weighted by molar-refractivity contribution is 4.72. The quantitative estimate of drug-likeness (QED) is 0.632. The standard InChI is InChI=1S/C12H27NO/c1-5-7-11(4)12(6-2)13-8-10(3)9-14/h10-14H,5-9H2,1-4H3. The summed E-state index contributed by atoms with van der Waals surface area (Å²) in [6.45, 7) is 10.1. The summed E-state index contributed by atoms with van der Waals surface area (Å²) in [6, 6.07) is 0.615. The Bertz CT molecular complexity index is 127. The van der Waals surface area contributed by atoms with Gasteiger partial charge in [0.15, 0.2) is 0 Å². The fourth-order valence-corrected chi connectivity index (χ4v) is 1.82. The highest BCUT2D eigenvalue weighted by atomic mass is 16.3. The monoisotopic (exact) mass is 201 g/mol. The van der Waals surface area contributed by atoms with Gasteiger partial charge in [-0.05, 0) is 24.7 Å². The molecule has 3 unspecified atom stereocenters. The summed E-state index contributed by atoms with van der Waals surface area (Å²) in [5.41, 5.74) is 0. The third-order valence-corrected chi connectivity index (χ3v) is 2.91. The first-order valence-electron chi connectivity index (χ1n) is 5.99. The van der Waals surface area contributed by atoms with Crippen molar-refractivity contribution in [3.8, 4) is 0 Å². The Kier molecular flexibility index (Phi) is 8.20. The van der Waals surface area contributed by atoms with Crippen LogP contribution < -0.4 is 5.32 Å². The lowest BCUT2D eigenvalue weighted by atomic mass is 9.94. The molecule has 2 N–H and O–H groups in total. The van der Waals surface area contributed by atoms with Gasteiger partial charge in [0.05, 0.1) is 0 Å². The fraction of sp³-hybridized carbons (Fsp3) is 1.00. The molecule has 0 rings (SSSR count). The van der Waals surface area contributed by atoms with Crippen molar-refractivity contribution in [2.24, 2.45) is 11.8 Å². The van der Waals surface area contributed by atoms with Gasteiger partial charge in [0.25, 0.3) is 0 Å². The average Bonchev–Trinajstić information content (AvgIpc) is 2.18. The predicted molar refractivity (Wildman–Crippen MR) is 62.4 cm³/mol. The number of rotatable bonds is 8. The van der Waals surface area contributed by atoms with Gasteiger partial charge in [-0.15, -0.1) is 0 Å². The summed E-state index contributed by atoms with van der Waals surface area (Å²) in [5, 5.41) is 12.5. The van der Waals surface area contributed by atoms with Gasteiger partial charge in [0.2, 0.25) is 0 Å². The second kappa shape index (κ2) is 8.25. The summed E-state index contributed by atoms with van der Waals surface area (Å²) >= 11 is 0. The summed E-state index contributed by atoms with van der Waals surface area (Å²) < 4.78 is 0. The highest BCUT2D eigenvalue weighted by Gasteiger charge is 2.14. The minimum atomic E-state index is 0.283. The number of nitrogens with one attached hydrogen (secondary N) is 1. The van der Waals surface area contributed by atoms with E-state index in [0.29, 0.717) is 12.0 Å². The molecule has 0 aliphatic heterocycles. The van der Waals surface area contributed by atoms with Crippen molar-refractivity contribution in [3.05, 3.63) is 0 Å². The van der Waals surface area contributed by atoms with E-state index < -0.39 is 0 Å². The third-order valence-electron chi connectivity index (χ3n) is 2.91. The van der Waals surface area contributed by atoms with Gasteiger partial charge >= 0.3 is 0 Å². The highest BCUT2D eigenvalue weighted by Crippen LogP contribution is 2.13. The lowest BCUT2D eigenvalue weighted by Crippen LogP contribution is -2.37. The normalized spacial score (nSPS) is 17.8. The van der Waals surface area contributed by atoms with Crippen molar-refractivity contribution in [1.29, 1.82) is 0 Å². The number of hydrogen-bond acceptors (Lipinski definition) is 2. The van der Waals surface area contributed by atoms with E-state index in [-0.39, 0.29) is 6.61 Å². The van der Waals surface area contributed by atoms with Crippen molar-refractivity contribution < 1.29 is 5.11 Å². The van der Waals surface area contributed by atoms with Gasteiger partial charge in [-0.3, -0.25) is 0 Å². The molecule has 0 spiro atoms. The van der Waals surface area contributed by atoms with Crippen LogP contribution in [-0.2, 0) is 0 Å². The molecular weight excluding hydrogens is 174 g/mol. The first-order chi connectivity index (χ1) is 6.65. The third kappa shape index (κ3) is 5.61. The van der Waals surface area contributed by atoms with Gasteiger partial charge in [0, 0.05) is 19.2 Å². The molecule has 0 aromatic heterocycles. The van der Waals surface area contributed by atoms with Crippen LogP contribution in [0.15, 0.2) is 0 Å². The van der Waals surface area contributed by atoms with E-state index in [1.165, 1.54) is 19.3 Å². The van der Waals surface area contributed by atoms with E-state index in [1.54, 1.807) is 0 Å². The van der Waals surface area contributed by atoms with Crippen LogP contribution in [0.2, 0.25) is 0 Å². The van der Waals surface area contributed by atoms with Gasteiger partial charge in [0.1, 0.15) is 0 Å². The van der Waals surface area contributed by atoms with Crippen LogP contribution in [0.25, 0.3) is 0 Å². The lowest BCUT2D eigenvalue weighted by Gasteiger charge is -2.25. The van der Waals surface area contributed by atoms with E-state index in [1.807, 2.05) is 0 Å². The molecule has 0 saturated carbocycles. The molecule has 0 radical (unpaired) electrons. The second-order valence-corrected chi connectivity index (χ2v) is 4.48. The minimum Gasteiger partial charge on any atom is -0.396 e. The molecule has 14 heavy (non-hydrogen) atoms. The molecule has 0 fully saturated rings. The molecule has 2 nitrogen and oxygen atoms in total. The average molecular weight is 201 g/mol. The van der Waals surface area contributed by atoms with Gasteiger partial charge in [-0.25, -0.2) is 0 Å². The predicted octanol–water partition coefficient (Wildman–Crippen LogP) is 2.42. The first-order valence-corrected chi connectivity index (χ1v) is 5.99. The molecule has 0 aliphatic carbocycles. The van der Waals surface area contributed by atoms with Crippen molar-refractivity contribution in [1.82, 2.24) is 5.32 Å². The summed E-state index contributed by atoms with van der Waals surface area (Å²) in [4.78, 5) is 0. The Morgan fingerprint density at radius 2 is 1.86 bits per heavy atom. The Morgan fingerprint density at radius 3 is 2.29 bits per heavy atom. The molecule has 0 bridgehead atoms. The van der Waals surface area contributed by atoms with Crippen molar-refractivity contribution >= 4 is 0 Å². The summed E-state index contributed by atoms with van der Waals surface area (Å²) in [6.07, 6.45) is 3.73. The molecule has 0 heterocycles. The Morgan fingerprint density at radius 1 is 1.21 bits per heavy atom. The molecule has 0 saturated heterocycles. The fourth-order valence-electron chi connectivity index (χ4n) is 1.82. The molecule has 0 amide bonds.